The van der Waals surface area contributed by atoms with E-state index in [1.165, 1.54) is 6.92 Å². The minimum atomic E-state index is -4.64. The largest absolute Gasteiger partial charge is 0.419 e. The molecule has 0 aliphatic heterocycles. The Kier molecular flexibility index (Phi) is 4.10. The predicted octanol–water partition coefficient (Wildman–Crippen LogP) is 3.55. The van der Waals surface area contributed by atoms with Gasteiger partial charge in [0, 0.05) is 5.92 Å². The smallest absolute Gasteiger partial charge is 0.294 e. The van der Waals surface area contributed by atoms with Crippen LogP contribution in [-0.4, -0.2) is 12.0 Å². The van der Waals surface area contributed by atoms with Gasteiger partial charge in [-0.05, 0) is 12.0 Å². The van der Waals surface area contributed by atoms with Crippen LogP contribution in [-0.2, 0) is 11.2 Å². The molecule has 1 aromatic carbocycles. The van der Waals surface area contributed by atoms with Crippen LogP contribution in [0.4, 0.5) is 13.2 Å². The maximum atomic E-state index is 12.3. The number of benzene rings is 1. The molecule has 1 nitrogen and oxygen atoms in total. The maximum Gasteiger partial charge on any atom is 0.419 e. The van der Waals surface area contributed by atoms with Gasteiger partial charge >= 0.3 is 6.18 Å². The molecular weight excluding hydrogens is 229 g/mol. The van der Waals surface area contributed by atoms with Crippen LogP contribution in [0.1, 0.15) is 12.5 Å². The molecule has 0 N–H and O–H groups in total. The van der Waals surface area contributed by atoms with Crippen LogP contribution in [0.25, 0.3) is 0 Å². The van der Waals surface area contributed by atoms with Crippen molar-refractivity contribution in [2.45, 2.75) is 19.5 Å². The summed E-state index contributed by atoms with van der Waals surface area (Å²) in [6.07, 6.45) is -4.35. The van der Waals surface area contributed by atoms with Gasteiger partial charge in [0.15, 0.2) is 5.78 Å². The molecule has 0 radical (unpaired) electrons. The van der Waals surface area contributed by atoms with Crippen LogP contribution >= 0.6 is 0 Å². The molecule has 92 valence electrons. The van der Waals surface area contributed by atoms with E-state index < -0.39 is 23.5 Å². The summed E-state index contributed by atoms with van der Waals surface area (Å²) in [5.74, 6) is -1.66. The van der Waals surface area contributed by atoms with E-state index in [9.17, 15) is 18.0 Å². The number of halogens is 3. The molecule has 4 heteroatoms. The van der Waals surface area contributed by atoms with E-state index >= 15 is 0 Å². The molecule has 0 aliphatic carbocycles. The normalized spacial score (nSPS) is 13.2. The highest BCUT2D eigenvalue weighted by atomic mass is 19.4. The predicted molar refractivity (Wildman–Crippen MR) is 59.5 cm³/mol. The van der Waals surface area contributed by atoms with E-state index in [4.69, 9.17) is 0 Å². The fourth-order valence-corrected chi connectivity index (χ4v) is 1.50. The second-order valence-corrected chi connectivity index (χ2v) is 3.93. The summed E-state index contributed by atoms with van der Waals surface area (Å²) in [5, 5.41) is 0. The third-order valence-corrected chi connectivity index (χ3v) is 2.47. The summed E-state index contributed by atoms with van der Waals surface area (Å²) < 4.78 is 36.8. The molecule has 0 aromatic heterocycles. The zero-order valence-electron chi connectivity index (χ0n) is 9.42. The van der Waals surface area contributed by atoms with Crippen LogP contribution in [0.3, 0.4) is 0 Å². The highest BCUT2D eigenvalue weighted by molar-refractivity contribution is 5.97. The van der Waals surface area contributed by atoms with E-state index in [2.05, 4.69) is 6.58 Å². The molecule has 17 heavy (non-hydrogen) atoms. The number of alkyl halides is 3. The Hall–Kier alpha value is -1.58. The van der Waals surface area contributed by atoms with E-state index in [-0.39, 0.29) is 6.42 Å². The van der Waals surface area contributed by atoms with Crippen molar-refractivity contribution in [1.29, 1.82) is 0 Å². The van der Waals surface area contributed by atoms with Crippen molar-refractivity contribution in [3.63, 3.8) is 0 Å². The van der Waals surface area contributed by atoms with Crippen LogP contribution in [0, 0.1) is 5.92 Å². The Labute approximate surface area is 98.0 Å². The Bertz CT molecular complexity index is 406. The summed E-state index contributed by atoms with van der Waals surface area (Å²) in [7, 11) is 0. The van der Waals surface area contributed by atoms with Crippen molar-refractivity contribution in [2.75, 3.05) is 0 Å². The van der Waals surface area contributed by atoms with Crippen molar-refractivity contribution in [2.24, 2.45) is 5.92 Å². The first-order chi connectivity index (χ1) is 7.82. The maximum absolute atomic E-state index is 12.3. The molecular formula is C13H13F3O. The van der Waals surface area contributed by atoms with Crippen LogP contribution in [0.15, 0.2) is 42.5 Å². The fourth-order valence-electron chi connectivity index (χ4n) is 1.50. The van der Waals surface area contributed by atoms with E-state index in [0.717, 1.165) is 5.56 Å². The van der Waals surface area contributed by atoms with Crippen LogP contribution < -0.4 is 0 Å². The zero-order valence-corrected chi connectivity index (χ0v) is 9.42. The summed E-state index contributed by atoms with van der Waals surface area (Å²) in [6, 6.07) is 8.93. The van der Waals surface area contributed by atoms with Crippen molar-refractivity contribution >= 4 is 5.78 Å². The summed E-state index contributed by atoms with van der Waals surface area (Å²) >= 11 is 0. The lowest BCUT2D eigenvalue weighted by Crippen LogP contribution is -2.25. The third kappa shape index (κ3) is 3.73. The molecule has 0 heterocycles. The first kappa shape index (κ1) is 13.5. The Morgan fingerprint density at radius 2 is 1.82 bits per heavy atom. The van der Waals surface area contributed by atoms with Gasteiger partial charge in [0.2, 0.25) is 0 Å². The van der Waals surface area contributed by atoms with Gasteiger partial charge in [0.05, 0.1) is 5.57 Å². The van der Waals surface area contributed by atoms with Gasteiger partial charge in [-0.1, -0.05) is 43.8 Å². The topological polar surface area (TPSA) is 17.1 Å². The molecule has 0 saturated carbocycles. The molecule has 0 spiro atoms. The van der Waals surface area contributed by atoms with Gasteiger partial charge in [0.1, 0.15) is 0 Å². The van der Waals surface area contributed by atoms with Gasteiger partial charge in [-0.2, -0.15) is 13.2 Å². The van der Waals surface area contributed by atoms with Crippen molar-refractivity contribution in [1.82, 2.24) is 0 Å². The molecule has 0 bridgehead atoms. The van der Waals surface area contributed by atoms with Crippen molar-refractivity contribution in [3.05, 3.63) is 48.0 Å². The standard InChI is InChI=1S/C13H13F3O/c1-9(8-11-6-4-3-5-7-11)12(17)10(2)13(14,15)16/h3-7,9H,2,8H2,1H3. The highest BCUT2D eigenvalue weighted by Gasteiger charge is 2.38. The SMILES string of the molecule is C=C(C(=O)C(C)Cc1ccccc1)C(F)(F)F. The van der Waals surface area contributed by atoms with Crippen molar-refractivity contribution in [3.8, 4) is 0 Å². The number of carbonyl (C=O) groups is 1. The molecule has 1 rings (SSSR count). The summed E-state index contributed by atoms with van der Waals surface area (Å²) in [5.41, 5.74) is -0.441. The minimum Gasteiger partial charge on any atom is -0.294 e. The van der Waals surface area contributed by atoms with Gasteiger partial charge in [-0.3, -0.25) is 4.79 Å². The minimum absolute atomic E-state index is 0.286. The molecule has 1 aromatic rings. The molecule has 0 amide bonds. The second kappa shape index (κ2) is 5.17. The van der Waals surface area contributed by atoms with Gasteiger partial charge < -0.3 is 0 Å². The summed E-state index contributed by atoms with van der Waals surface area (Å²) in [6.45, 7) is 4.29. The number of rotatable bonds is 4. The van der Waals surface area contributed by atoms with Crippen molar-refractivity contribution < 1.29 is 18.0 Å². The van der Waals surface area contributed by atoms with E-state index in [0.29, 0.717) is 0 Å². The first-order valence-electron chi connectivity index (χ1n) is 5.16. The Morgan fingerprint density at radius 3 is 2.29 bits per heavy atom. The van der Waals surface area contributed by atoms with Crippen LogP contribution in [0.5, 0.6) is 0 Å². The number of allylic oxidation sites excluding steroid dienone is 1. The average Bonchev–Trinajstić information content (AvgIpc) is 2.27. The second-order valence-electron chi connectivity index (χ2n) is 3.93. The fraction of sp³-hybridized carbons (Fsp3) is 0.308. The quantitative estimate of drug-likeness (QED) is 0.738. The number of ketones is 1. The highest BCUT2D eigenvalue weighted by Crippen LogP contribution is 2.27. The van der Waals surface area contributed by atoms with Gasteiger partial charge in [-0.25, -0.2) is 0 Å². The number of hydrogen-bond acceptors (Lipinski definition) is 1. The number of hydrogen-bond donors (Lipinski definition) is 0. The Balaban J connectivity index is 2.69. The Morgan fingerprint density at radius 1 is 1.29 bits per heavy atom. The monoisotopic (exact) mass is 242 g/mol. The van der Waals surface area contributed by atoms with Gasteiger partial charge in [-0.15, -0.1) is 0 Å². The molecule has 0 fully saturated rings. The molecule has 0 saturated heterocycles. The zero-order chi connectivity index (χ0) is 13.1. The van der Waals surface area contributed by atoms with E-state index in [1.807, 2.05) is 6.07 Å². The van der Waals surface area contributed by atoms with Crippen LogP contribution in [0.2, 0.25) is 0 Å². The number of carbonyl (C=O) groups excluding carboxylic acids is 1. The lowest BCUT2D eigenvalue weighted by molar-refractivity contribution is -0.131. The van der Waals surface area contributed by atoms with Gasteiger partial charge in [0.25, 0.3) is 0 Å². The molecule has 0 aliphatic rings. The first-order valence-corrected chi connectivity index (χ1v) is 5.16. The van der Waals surface area contributed by atoms with E-state index in [1.54, 1.807) is 24.3 Å². The molecule has 1 unspecified atom stereocenters. The number of Topliss-reactive ketones (excluding diaryl/α,β-unsaturated/α-hetero) is 1. The lowest BCUT2D eigenvalue weighted by atomic mass is 9.93. The molecule has 1 atom stereocenters. The average molecular weight is 242 g/mol. The third-order valence-electron chi connectivity index (χ3n) is 2.47. The lowest BCUT2D eigenvalue weighted by Gasteiger charge is -2.14. The summed E-state index contributed by atoms with van der Waals surface area (Å²) in [4.78, 5) is 11.5.